The van der Waals surface area contributed by atoms with Crippen molar-refractivity contribution in [1.82, 2.24) is 4.90 Å². The summed E-state index contributed by atoms with van der Waals surface area (Å²) in [6, 6.07) is 5.70. The molecule has 1 saturated carbocycles. The van der Waals surface area contributed by atoms with Crippen molar-refractivity contribution in [2.45, 2.75) is 64.1 Å². The van der Waals surface area contributed by atoms with Crippen LogP contribution in [-0.4, -0.2) is 48.8 Å². The molecule has 3 rings (SSSR count). The van der Waals surface area contributed by atoms with E-state index in [4.69, 9.17) is 19.9 Å². The van der Waals surface area contributed by atoms with Gasteiger partial charge in [-0.2, -0.15) is 0 Å². The molecule has 7 nitrogen and oxygen atoms in total. The Morgan fingerprint density at radius 1 is 1.10 bits per heavy atom. The van der Waals surface area contributed by atoms with Crippen LogP contribution in [0.5, 0.6) is 11.5 Å². The van der Waals surface area contributed by atoms with Crippen molar-refractivity contribution in [2.75, 3.05) is 20.2 Å². The van der Waals surface area contributed by atoms with E-state index in [1.807, 2.05) is 39.0 Å². The van der Waals surface area contributed by atoms with Gasteiger partial charge in [0.2, 0.25) is 5.91 Å². The molecule has 1 heterocycles. The van der Waals surface area contributed by atoms with Crippen molar-refractivity contribution < 1.29 is 23.8 Å². The number of nitrogens with two attached hydrogens (primary N) is 1. The van der Waals surface area contributed by atoms with E-state index in [9.17, 15) is 9.59 Å². The van der Waals surface area contributed by atoms with E-state index in [0.29, 0.717) is 18.0 Å². The van der Waals surface area contributed by atoms with E-state index in [1.165, 1.54) is 12.8 Å². The summed E-state index contributed by atoms with van der Waals surface area (Å²) < 4.78 is 17.1. The molecule has 1 aliphatic heterocycles. The largest absolute Gasteiger partial charge is 0.493 e. The maximum absolute atomic E-state index is 12.5. The van der Waals surface area contributed by atoms with E-state index in [2.05, 4.69) is 0 Å². The van der Waals surface area contributed by atoms with Crippen LogP contribution >= 0.6 is 0 Å². The van der Waals surface area contributed by atoms with Crippen molar-refractivity contribution in [3.05, 3.63) is 23.8 Å². The molecule has 2 N–H and O–H groups in total. The Bertz CT molecular complexity index is 752. The SMILES string of the molecule is COc1ccc([C@@H]2CN(C(=O)OC(C)(C)C)C[C@H]2C(N)=O)cc1OC1CCCC1. The smallest absolute Gasteiger partial charge is 0.410 e. The summed E-state index contributed by atoms with van der Waals surface area (Å²) in [5.41, 5.74) is 5.98. The van der Waals surface area contributed by atoms with Crippen LogP contribution in [0.15, 0.2) is 18.2 Å². The quantitative estimate of drug-likeness (QED) is 0.812. The van der Waals surface area contributed by atoms with Crippen LogP contribution in [0, 0.1) is 5.92 Å². The van der Waals surface area contributed by atoms with Crippen LogP contribution in [0.3, 0.4) is 0 Å². The first-order valence-electron chi connectivity index (χ1n) is 10.3. The number of methoxy groups -OCH3 is 1. The predicted octanol–water partition coefficient (Wildman–Crippen LogP) is 3.45. The molecule has 160 valence electrons. The summed E-state index contributed by atoms with van der Waals surface area (Å²) in [6.45, 7) is 6.08. The van der Waals surface area contributed by atoms with Gasteiger partial charge in [0.15, 0.2) is 11.5 Å². The van der Waals surface area contributed by atoms with Crippen molar-refractivity contribution in [3.8, 4) is 11.5 Å². The van der Waals surface area contributed by atoms with Crippen LogP contribution < -0.4 is 15.2 Å². The molecule has 0 spiro atoms. The second-order valence-electron chi connectivity index (χ2n) is 8.94. The Morgan fingerprint density at radius 3 is 2.38 bits per heavy atom. The molecule has 2 fully saturated rings. The lowest BCUT2D eigenvalue weighted by Crippen LogP contribution is -2.36. The van der Waals surface area contributed by atoms with Gasteiger partial charge in [-0.05, 0) is 64.2 Å². The number of hydrogen-bond donors (Lipinski definition) is 1. The van der Waals surface area contributed by atoms with Gasteiger partial charge in [0.25, 0.3) is 0 Å². The number of likely N-dealkylation sites (tertiary alicyclic amines) is 1. The van der Waals surface area contributed by atoms with E-state index in [-0.39, 0.29) is 18.6 Å². The van der Waals surface area contributed by atoms with E-state index in [1.54, 1.807) is 12.0 Å². The number of nitrogens with zero attached hydrogens (tertiary/aromatic N) is 1. The first kappa shape index (κ1) is 21.3. The molecule has 1 aliphatic carbocycles. The molecule has 2 amide bonds. The molecule has 1 aromatic rings. The lowest BCUT2D eigenvalue weighted by molar-refractivity contribution is -0.121. The molecule has 29 heavy (non-hydrogen) atoms. The Morgan fingerprint density at radius 2 is 1.79 bits per heavy atom. The standard InChI is InChI=1S/C22H32N2O5/c1-22(2,3)29-21(26)24-12-16(17(13-24)20(23)25)14-9-10-18(27-4)19(11-14)28-15-7-5-6-8-15/h9-11,15-17H,5-8,12-13H2,1-4H3,(H2,23,25)/t16-,17+/m0/s1. The normalized spacial score (nSPS) is 22.6. The van der Waals surface area contributed by atoms with Crippen molar-refractivity contribution in [2.24, 2.45) is 11.7 Å². The highest BCUT2D eigenvalue weighted by Gasteiger charge is 2.41. The molecule has 2 atom stereocenters. The molecule has 7 heteroatoms. The first-order chi connectivity index (χ1) is 13.7. The Kier molecular flexibility index (Phi) is 6.24. The Labute approximate surface area is 172 Å². The highest BCUT2D eigenvalue weighted by molar-refractivity contribution is 5.80. The molecule has 1 saturated heterocycles. The summed E-state index contributed by atoms with van der Waals surface area (Å²) >= 11 is 0. The second kappa shape index (κ2) is 8.51. The lowest BCUT2D eigenvalue weighted by atomic mass is 9.88. The minimum atomic E-state index is -0.597. The zero-order valence-corrected chi connectivity index (χ0v) is 17.8. The topological polar surface area (TPSA) is 91.1 Å². The number of carbonyl (C=O) groups excluding carboxylic acids is 2. The number of rotatable bonds is 5. The predicted molar refractivity (Wildman–Crippen MR) is 109 cm³/mol. The molecular formula is C22H32N2O5. The third kappa shape index (κ3) is 5.14. The minimum absolute atomic E-state index is 0.188. The number of hydrogen-bond acceptors (Lipinski definition) is 5. The maximum Gasteiger partial charge on any atom is 0.410 e. The molecule has 0 aromatic heterocycles. The van der Waals surface area contributed by atoms with Crippen molar-refractivity contribution >= 4 is 12.0 Å². The highest BCUT2D eigenvalue weighted by Crippen LogP contribution is 2.39. The van der Waals surface area contributed by atoms with E-state index < -0.39 is 23.5 Å². The molecule has 0 bridgehead atoms. The van der Waals surface area contributed by atoms with Crippen molar-refractivity contribution in [1.29, 1.82) is 0 Å². The van der Waals surface area contributed by atoms with E-state index in [0.717, 1.165) is 18.4 Å². The number of amides is 2. The fourth-order valence-electron chi connectivity index (χ4n) is 4.11. The average molecular weight is 405 g/mol. The van der Waals surface area contributed by atoms with Gasteiger partial charge in [0.05, 0.1) is 19.1 Å². The third-order valence-corrected chi connectivity index (χ3v) is 5.55. The van der Waals surface area contributed by atoms with Gasteiger partial charge in [0.1, 0.15) is 5.60 Å². The Balaban J connectivity index is 1.83. The number of carbonyl (C=O) groups is 2. The van der Waals surface area contributed by atoms with Crippen LogP contribution in [0.4, 0.5) is 4.79 Å². The third-order valence-electron chi connectivity index (χ3n) is 5.55. The first-order valence-corrected chi connectivity index (χ1v) is 10.3. The lowest BCUT2D eigenvalue weighted by Gasteiger charge is -2.24. The van der Waals surface area contributed by atoms with Crippen LogP contribution in [-0.2, 0) is 9.53 Å². The summed E-state index contributed by atoms with van der Waals surface area (Å²) in [5.74, 6) is 0.233. The van der Waals surface area contributed by atoms with Crippen molar-refractivity contribution in [3.63, 3.8) is 0 Å². The monoisotopic (exact) mass is 404 g/mol. The second-order valence-corrected chi connectivity index (χ2v) is 8.94. The van der Waals surface area contributed by atoms with Gasteiger partial charge in [-0.1, -0.05) is 6.07 Å². The van der Waals surface area contributed by atoms with Crippen LogP contribution in [0.25, 0.3) is 0 Å². The van der Waals surface area contributed by atoms with E-state index >= 15 is 0 Å². The molecule has 1 aromatic carbocycles. The average Bonchev–Trinajstić information content (AvgIpc) is 3.30. The summed E-state index contributed by atoms with van der Waals surface area (Å²) in [5, 5.41) is 0. The van der Waals surface area contributed by atoms with Gasteiger partial charge in [-0.3, -0.25) is 4.79 Å². The maximum atomic E-state index is 12.5. The van der Waals surface area contributed by atoms with Crippen LogP contribution in [0.2, 0.25) is 0 Å². The number of primary amides is 1. The molecule has 0 unspecified atom stereocenters. The zero-order valence-electron chi connectivity index (χ0n) is 17.8. The molecule has 0 radical (unpaired) electrons. The Hall–Kier alpha value is -2.44. The van der Waals surface area contributed by atoms with Gasteiger partial charge in [-0.15, -0.1) is 0 Å². The minimum Gasteiger partial charge on any atom is -0.493 e. The molecular weight excluding hydrogens is 372 g/mol. The number of benzene rings is 1. The van der Waals surface area contributed by atoms with Gasteiger partial charge in [0, 0.05) is 19.0 Å². The summed E-state index contributed by atoms with van der Waals surface area (Å²) in [7, 11) is 1.61. The fraction of sp³-hybridized carbons (Fsp3) is 0.636. The van der Waals surface area contributed by atoms with Gasteiger partial charge >= 0.3 is 6.09 Å². The number of ether oxygens (including phenoxy) is 3. The highest BCUT2D eigenvalue weighted by atomic mass is 16.6. The zero-order chi connectivity index (χ0) is 21.2. The fourth-order valence-corrected chi connectivity index (χ4v) is 4.11. The van der Waals surface area contributed by atoms with Gasteiger partial charge < -0.3 is 24.8 Å². The molecule has 2 aliphatic rings. The summed E-state index contributed by atoms with van der Waals surface area (Å²) in [6.07, 6.45) is 4.17. The summed E-state index contributed by atoms with van der Waals surface area (Å²) in [4.78, 5) is 26.2. The van der Waals surface area contributed by atoms with Gasteiger partial charge in [-0.25, -0.2) is 4.79 Å². The van der Waals surface area contributed by atoms with Crippen LogP contribution in [0.1, 0.15) is 57.9 Å².